The number of carbonyl (C=O) groups excluding carboxylic acids is 1. The zero-order chi connectivity index (χ0) is 10.7. The van der Waals surface area contributed by atoms with Crippen LogP contribution in [0.15, 0.2) is 0 Å². The first kappa shape index (κ1) is 11.3. The molecule has 0 spiro atoms. The van der Waals surface area contributed by atoms with Crippen molar-refractivity contribution in [2.24, 2.45) is 11.7 Å². The van der Waals surface area contributed by atoms with Crippen molar-refractivity contribution < 1.29 is 4.79 Å². The molecule has 1 aliphatic heterocycles. The fourth-order valence-electron chi connectivity index (χ4n) is 2.10. The number of hydrogen-bond acceptors (Lipinski definition) is 2. The Morgan fingerprint density at radius 3 is 2.71 bits per heavy atom. The fraction of sp³-hybridized carbons (Fsp3) is 0.900. The molecule has 1 fully saturated rings. The monoisotopic (exact) mass is 199 g/mol. The van der Waals surface area contributed by atoms with Crippen molar-refractivity contribution in [3.05, 3.63) is 0 Å². The molecular weight excluding hydrogens is 178 g/mol. The number of likely N-dealkylation sites (tertiary alicyclic amines) is 1. The van der Waals surface area contributed by atoms with Crippen LogP contribution < -0.4 is 5.73 Å². The summed E-state index contributed by atoms with van der Waals surface area (Å²) in [4.78, 5) is 15.3. The van der Waals surface area contributed by atoms with E-state index < -0.39 is 0 Å². The summed E-state index contributed by atoms with van der Waals surface area (Å²) >= 11 is 0. The van der Waals surface area contributed by atoms with Crippen molar-refractivity contribution in [1.82, 2.24) is 9.80 Å². The highest BCUT2D eigenvalue weighted by atomic mass is 16.2. The van der Waals surface area contributed by atoms with Gasteiger partial charge in [-0.2, -0.15) is 0 Å². The van der Waals surface area contributed by atoms with E-state index in [2.05, 4.69) is 6.92 Å². The van der Waals surface area contributed by atoms with Gasteiger partial charge in [-0.05, 0) is 18.8 Å². The predicted molar refractivity (Wildman–Crippen MR) is 57.0 cm³/mol. The second-order valence-corrected chi connectivity index (χ2v) is 4.29. The maximum atomic E-state index is 11.8. The van der Waals surface area contributed by atoms with Crippen molar-refractivity contribution in [3.63, 3.8) is 0 Å². The van der Waals surface area contributed by atoms with Crippen LogP contribution in [-0.4, -0.2) is 49.1 Å². The highest BCUT2D eigenvalue weighted by molar-refractivity contribution is 5.74. The van der Waals surface area contributed by atoms with E-state index in [1.807, 2.05) is 4.90 Å². The van der Waals surface area contributed by atoms with E-state index in [0.717, 1.165) is 13.0 Å². The number of piperidine rings is 1. The lowest BCUT2D eigenvalue weighted by Crippen LogP contribution is -2.54. The van der Waals surface area contributed by atoms with Crippen LogP contribution in [0.1, 0.15) is 19.8 Å². The number of rotatable bonds is 1. The number of amides is 2. The second-order valence-electron chi connectivity index (χ2n) is 4.29. The Kier molecular flexibility index (Phi) is 3.75. The van der Waals surface area contributed by atoms with E-state index in [9.17, 15) is 4.79 Å². The Labute approximate surface area is 86.0 Å². The highest BCUT2D eigenvalue weighted by Crippen LogP contribution is 2.23. The van der Waals surface area contributed by atoms with Gasteiger partial charge in [-0.3, -0.25) is 0 Å². The Morgan fingerprint density at radius 2 is 2.21 bits per heavy atom. The minimum Gasteiger partial charge on any atom is -0.331 e. The number of carbonyl (C=O) groups is 1. The maximum Gasteiger partial charge on any atom is 0.319 e. The van der Waals surface area contributed by atoms with Gasteiger partial charge in [0.15, 0.2) is 0 Å². The van der Waals surface area contributed by atoms with Crippen molar-refractivity contribution in [3.8, 4) is 0 Å². The summed E-state index contributed by atoms with van der Waals surface area (Å²) in [6.45, 7) is 3.59. The molecule has 4 nitrogen and oxygen atoms in total. The Bertz CT molecular complexity index is 206. The van der Waals surface area contributed by atoms with Gasteiger partial charge in [-0.15, -0.1) is 0 Å². The first-order chi connectivity index (χ1) is 6.57. The summed E-state index contributed by atoms with van der Waals surface area (Å²) in [5, 5.41) is 0. The van der Waals surface area contributed by atoms with Crippen LogP contribution in [0.4, 0.5) is 4.79 Å². The van der Waals surface area contributed by atoms with E-state index in [4.69, 9.17) is 5.73 Å². The van der Waals surface area contributed by atoms with E-state index in [-0.39, 0.29) is 12.1 Å². The molecule has 0 aliphatic carbocycles. The van der Waals surface area contributed by atoms with Crippen LogP contribution in [0, 0.1) is 5.92 Å². The third-order valence-corrected chi connectivity index (χ3v) is 2.99. The third-order valence-electron chi connectivity index (χ3n) is 2.99. The molecule has 0 aromatic rings. The molecule has 0 saturated carbocycles. The Hall–Kier alpha value is -0.770. The van der Waals surface area contributed by atoms with E-state index in [1.54, 1.807) is 19.0 Å². The Morgan fingerprint density at radius 1 is 1.57 bits per heavy atom. The second kappa shape index (κ2) is 4.64. The molecule has 2 N–H and O–H groups in total. The zero-order valence-corrected chi connectivity index (χ0v) is 9.36. The molecule has 1 heterocycles. The van der Waals surface area contributed by atoms with Gasteiger partial charge < -0.3 is 15.5 Å². The van der Waals surface area contributed by atoms with Gasteiger partial charge in [0.25, 0.3) is 0 Å². The van der Waals surface area contributed by atoms with E-state index in [0.29, 0.717) is 12.5 Å². The van der Waals surface area contributed by atoms with Gasteiger partial charge in [0.05, 0.1) is 0 Å². The Balaban J connectivity index is 2.69. The van der Waals surface area contributed by atoms with Crippen LogP contribution in [0.25, 0.3) is 0 Å². The van der Waals surface area contributed by atoms with Crippen LogP contribution in [0.3, 0.4) is 0 Å². The summed E-state index contributed by atoms with van der Waals surface area (Å²) in [7, 11) is 3.57. The highest BCUT2D eigenvalue weighted by Gasteiger charge is 2.31. The summed E-state index contributed by atoms with van der Waals surface area (Å²) < 4.78 is 0. The summed E-state index contributed by atoms with van der Waals surface area (Å²) in [5.41, 5.74) is 5.71. The van der Waals surface area contributed by atoms with Gasteiger partial charge >= 0.3 is 6.03 Å². The molecule has 1 aliphatic rings. The molecular formula is C10H21N3O. The van der Waals surface area contributed by atoms with Crippen molar-refractivity contribution in [2.75, 3.05) is 27.2 Å². The van der Waals surface area contributed by atoms with Crippen LogP contribution in [0.2, 0.25) is 0 Å². The topological polar surface area (TPSA) is 49.6 Å². The van der Waals surface area contributed by atoms with Gasteiger partial charge in [0, 0.05) is 33.2 Å². The minimum absolute atomic E-state index is 0.0898. The van der Waals surface area contributed by atoms with Crippen LogP contribution in [0.5, 0.6) is 0 Å². The minimum atomic E-state index is 0.0898. The molecule has 0 aromatic carbocycles. The molecule has 4 heteroatoms. The lowest BCUT2D eigenvalue weighted by Gasteiger charge is -2.40. The summed E-state index contributed by atoms with van der Waals surface area (Å²) in [5.74, 6) is 0.526. The zero-order valence-electron chi connectivity index (χ0n) is 9.36. The first-order valence-electron chi connectivity index (χ1n) is 5.26. The molecule has 0 aromatic heterocycles. The molecule has 82 valence electrons. The number of nitrogens with zero attached hydrogens (tertiary/aromatic N) is 2. The smallest absolute Gasteiger partial charge is 0.319 e. The van der Waals surface area contributed by atoms with Gasteiger partial charge in [0.1, 0.15) is 0 Å². The third kappa shape index (κ3) is 2.18. The molecule has 0 radical (unpaired) electrons. The number of nitrogens with two attached hydrogens (primary N) is 1. The predicted octanol–water partition coefficient (Wildman–Crippen LogP) is 0.727. The molecule has 1 saturated heterocycles. The fourth-order valence-corrected chi connectivity index (χ4v) is 2.10. The van der Waals surface area contributed by atoms with Crippen molar-refractivity contribution in [1.29, 1.82) is 0 Å². The standard InChI is InChI=1S/C10H21N3O/c1-8-5-4-6-13(9(8)7-11)10(14)12(2)3/h8-9H,4-7,11H2,1-3H3. The summed E-state index contributed by atoms with van der Waals surface area (Å²) in [6, 6.07) is 0.311. The van der Waals surface area contributed by atoms with Gasteiger partial charge in [-0.1, -0.05) is 6.92 Å². The van der Waals surface area contributed by atoms with Crippen molar-refractivity contribution >= 4 is 6.03 Å². The molecule has 2 amide bonds. The normalized spacial score (nSPS) is 27.6. The maximum absolute atomic E-state index is 11.8. The molecule has 14 heavy (non-hydrogen) atoms. The average Bonchev–Trinajstić information content (AvgIpc) is 2.16. The molecule has 2 unspecified atom stereocenters. The van der Waals surface area contributed by atoms with Gasteiger partial charge in [-0.25, -0.2) is 4.79 Å². The molecule has 0 bridgehead atoms. The quantitative estimate of drug-likeness (QED) is 0.676. The van der Waals surface area contributed by atoms with Crippen LogP contribution in [-0.2, 0) is 0 Å². The average molecular weight is 199 g/mol. The molecule has 2 atom stereocenters. The largest absolute Gasteiger partial charge is 0.331 e. The lowest BCUT2D eigenvalue weighted by molar-refractivity contribution is 0.105. The molecule has 1 rings (SSSR count). The summed E-state index contributed by atoms with van der Waals surface area (Å²) in [6.07, 6.45) is 2.27. The van der Waals surface area contributed by atoms with Crippen LogP contribution >= 0.6 is 0 Å². The lowest BCUT2D eigenvalue weighted by atomic mass is 9.91. The van der Waals surface area contributed by atoms with Crippen molar-refractivity contribution in [2.45, 2.75) is 25.8 Å². The SMILES string of the molecule is CC1CCCN(C(=O)N(C)C)C1CN. The first-order valence-corrected chi connectivity index (χ1v) is 5.26. The van der Waals surface area contributed by atoms with Gasteiger partial charge in [0.2, 0.25) is 0 Å². The van der Waals surface area contributed by atoms with E-state index in [1.165, 1.54) is 6.42 Å². The number of hydrogen-bond donors (Lipinski definition) is 1. The number of urea groups is 1. The van der Waals surface area contributed by atoms with E-state index >= 15 is 0 Å².